The highest BCUT2D eigenvalue weighted by atomic mass is 35.5. The van der Waals surface area contributed by atoms with Gasteiger partial charge in [0.05, 0.1) is 18.5 Å². The largest absolute Gasteiger partial charge is 0.339 e. The maximum absolute atomic E-state index is 13.0. The fourth-order valence-electron chi connectivity index (χ4n) is 4.42. The number of hydrogen-bond acceptors (Lipinski definition) is 3. The molecule has 0 spiro atoms. The zero-order chi connectivity index (χ0) is 24.1. The van der Waals surface area contributed by atoms with Crippen LogP contribution < -0.4 is 4.31 Å². The number of hydrogen-bond donors (Lipinski definition) is 0. The van der Waals surface area contributed by atoms with Gasteiger partial charge in [-0.2, -0.15) is 0 Å². The molecule has 4 rings (SSSR count). The molecule has 3 aromatic rings. The molecule has 1 aliphatic rings. The zero-order valence-corrected chi connectivity index (χ0v) is 20.8. The number of likely N-dealkylation sites (tertiary alicyclic amines) is 1. The molecule has 5 nitrogen and oxygen atoms in total. The van der Waals surface area contributed by atoms with Gasteiger partial charge in [0.15, 0.2) is 0 Å². The lowest BCUT2D eigenvalue weighted by atomic mass is 9.90. The number of piperidine rings is 1. The van der Waals surface area contributed by atoms with Crippen molar-refractivity contribution in [3.63, 3.8) is 0 Å². The molecule has 34 heavy (non-hydrogen) atoms. The number of carbonyl (C=O) groups is 1. The summed E-state index contributed by atoms with van der Waals surface area (Å²) in [6, 6.07) is 24.5. The monoisotopic (exact) mass is 496 g/mol. The van der Waals surface area contributed by atoms with Crippen LogP contribution in [0, 0.1) is 5.92 Å². The molecule has 0 atom stereocenters. The maximum Gasteiger partial charge on any atom is 0.253 e. The molecule has 1 amide bonds. The number of carbonyl (C=O) groups excluding carboxylic acids is 1. The molecule has 1 heterocycles. The minimum atomic E-state index is -3.50. The summed E-state index contributed by atoms with van der Waals surface area (Å²) in [5, 5.41) is 0.472. The molecule has 0 saturated carbocycles. The lowest BCUT2D eigenvalue weighted by Gasteiger charge is -2.32. The normalized spacial score (nSPS) is 14.7. The predicted octanol–water partition coefficient (Wildman–Crippen LogP) is 5.40. The summed E-state index contributed by atoms with van der Waals surface area (Å²) < 4.78 is 26.1. The Morgan fingerprint density at radius 1 is 0.941 bits per heavy atom. The van der Waals surface area contributed by atoms with Gasteiger partial charge in [-0.25, -0.2) is 8.42 Å². The fourth-order valence-corrected chi connectivity index (χ4v) is 5.48. The van der Waals surface area contributed by atoms with E-state index in [-0.39, 0.29) is 12.5 Å². The van der Waals surface area contributed by atoms with Gasteiger partial charge in [0, 0.05) is 23.7 Å². The van der Waals surface area contributed by atoms with Crippen molar-refractivity contribution in [1.82, 2.24) is 4.90 Å². The Morgan fingerprint density at radius 3 is 2.24 bits per heavy atom. The van der Waals surface area contributed by atoms with Crippen molar-refractivity contribution in [1.29, 1.82) is 0 Å². The molecule has 0 radical (unpaired) electrons. The van der Waals surface area contributed by atoms with Crippen LogP contribution in [0.3, 0.4) is 0 Å². The average Bonchev–Trinajstić information content (AvgIpc) is 2.83. The van der Waals surface area contributed by atoms with Crippen molar-refractivity contribution in [2.45, 2.75) is 25.8 Å². The van der Waals surface area contributed by atoms with Crippen LogP contribution in [0.4, 0.5) is 5.69 Å². The van der Waals surface area contributed by atoms with Crippen LogP contribution in [0.5, 0.6) is 0 Å². The van der Waals surface area contributed by atoms with Crippen LogP contribution in [0.1, 0.15) is 34.3 Å². The second kappa shape index (κ2) is 10.6. The van der Waals surface area contributed by atoms with Gasteiger partial charge in [-0.3, -0.25) is 9.10 Å². The Kier molecular flexibility index (Phi) is 7.59. The Morgan fingerprint density at radius 2 is 1.62 bits per heavy atom. The molecule has 1 aliphatic heterocycles. The zero-order valence-electron chi connectivity index (χ0n) is 19.2. The molecule has 0 unspecified atom stereocenters. The van der Waals surface area contributed by atoms with Gasteiger partial charge in [-0.1, -0.05) is 60.1 Å². The van der Waals surface area contributed by atoms with Crippen molar-refractivity contribution >= 4 is 33.2 Å². The minimum absolute atomic E-state index is 0.0273. The predicted molar refractivity (Wildman–Crippen MR) is 138 cm³/mol. The van der Waals surface area contributed by atoms with E-state index in [0.29, 0.717) is 22.2 Å². The molecular weight excluding hydrogens is 468 g/mol. The van der Waals surface area contributed by atoms with Gasteiger partial charge < -0.3 is 4.90 Å². The van der Waals surface area contributed by atoms with Crippen LogP contribution in [-0.2, 0) is 23.0 Å². The molecule has 0 bridgehead atoms. The minimum Gasteiger partial charge on any atom is -0.339 e. The summed E-state index contributed by atoms with van der Waals surface area (Å²) in [5.74, 6) is 0.627. The summed E-state index contributed by atoms with van der Waals surface area (Å²) in [6.07, 6.45) is 4.23. The molecule has 3 aromatic carbocycles. The standard InChI is InChI=1S/C27H29ClN2O3S/c1-34(32,33)30(26-9-5-8-25(28)19-26)20-23-10-12-24(13-11-23)27(31)29-16-14-22(15-17-29)18-21-6-3-2-4-7-21/h2-13,19,22H,14-18,20H2,1H3. The van der Waals surface area contributed by atoms with Gasteiger partial charge >= 0.3 is 0 Å². The summed E-state index contributed by atoms with van der Waals surface area (Å²) >= 11 is 6.06. The Balaban J connectivity index is 1.38. The number of sulfonamides is 1. The molecule has 1 saturated heterocycles. The first-order valence-corrected chi connectivity index (χ1v) is 13.7. The SMILES string of the molecule is CS(=O)(=O)N(Cc1ccc(C(=O)N2CCC(Cc3ccccc3)CC2)cc1)c1cccc(Cl)c1. The highest BCUT2D eigenvalue weighted by Gasteiger charge is 2.24. The van der Waals surface area contributed by atoms with Crippen LogP contribution in [-0.4, -0.2) is 38.6 Å². The number of amides is 1. The smallest absolute Gasteiger partial charge is 0.253 e. The second-order valence-electron chi connectivity index (χ2n) is 8.87. The Labute approximate surface area is 207 Å². The quantitative estimate of drug-likeness (QED) is 0.440. The Hall–Kier alpha value is -2.83. The molecule has 0 aliphatic carbocycles. The number of anilines is 1. The highest BCUT2D eigenvalue weighted by Crippen LogP contribution is 2.25. The van der Waals surface area contributed by atoms with E-state index < -0.39 is 10.0 Å². The van der Waals surface area contributed by atoms with Crippen LogP contribution in [0.15, 0.2) is 78.9 Å². The molecule has 1 fully saturated rings. The van der Waals surface area contributed by atoms with E-state index in [4.69, 9.17) is 11.6 Å². The maximum atomic E-state index is 13.0. The number of halogens is 1. The van der Waals surface area contributed by atoms with E-state index in [1.165, 1.54) is 16.1 Å². The van der Waals surface area contributed by atoms with Gasteiger partial charge in [0.1, 0.15) is 0 Å². The topological polar surface area (TPSA) is 57.7 Å². The van der Waals surface area contributed by atoms with Crippen LogP contribution in [0.2, 0.25) is 5.02 Å². The summed E-state index contributed by atoms with van der Waals surface area (Å²) in [7, 11) is -3.50. The van der Waals surface area contributed by atoms with Crippen LogP contribution >= 0.6 is 11.6 Å². The van der Waals surface area contributed by atoms with Crippen molar-refractivity contribution in [3.8, 4) is 0 Å². The van der Waals surface area contributed by atoms with Crippen molar-refractivity contribution in [3.05, 3.63) is 101 Å². The Bertz CT molecular complexity index is 1220. The summed E-state index contributed by atoms with van der Waals surface area (Å²) in [6.45, 7) is 1.68. The van der Waals surface area contributed by atoms with E-state index in [9.17, 15) is 13.2 Å². The van der Waals surface area contributed by atoms with Gasteiger partial charge in [-0.05, 0) is 66.6 Å². The first-order chi connectivity index (χ1) is 16.3. The molecule has 178 valence electrons. The molecule has 7 heteroatoms. The van der Waals surface area contributed by atoms with Gasteiger partial charge in [0.25, 0.3) is 5.91 Å². The fraction of sp³-hybridized carbons (Fsp3) is 0.296. The summed E-state index contributed by atoms with van der Waals surface area (Å²) in [4.78, 5) is 14.9. The van der Waals surface area contributed by atoms with E-state index in [0.717, 1.165) is 37.9 Å². The lowest BCUT2D eigenvalue weighted by Crippen LogP contribution is -2.38. The van der Waals surface area contributed by atoms with E-state index in [1.54, 1.807) is 36.4 Å². The lowest BCUT2D eigenvalue weighted by molar-refractivity contribution is 0.0690. The van der Waals surface area contributed by atoms with Crippen molar-refractivity contribution in [2.75, 3.05) is 23.7 Å². The molecular formula is C27H29ClN2O3S. The highest BCUT2D eigenvalue weighted by molar-refractivity contribution is 7.92. The van der Waals surface area contributed by atoms with Crippen LogP contribution in [0.25, 0.3) is 0 Å². The third-order valence-electron chi connectivity index (χ3n) is 6.29. The summed E-state index contributed by atoms with van der Waals surface area (Å²) in [5.41, 5.74) is 3.28. The van der Waals surface area contributed by atoms with Crippen molar-refractivity contribution < 1.29 is 13.2 Å². The second-order valence-corrected chi connectivity index (χ2v) is 11.2. The third-order valence-corrected chi connectivity index (χ3v) is 7.67. The van der Waals surface area contributed by atoms with Gasteiger partial charge in [-0.15, -0.1) is 0 Å². The molecule has 0 aromatic heterocycles. The number of benzene rings is 3. The number of rotatable bonds is 7. The van der Waals surface area contributed by atoms with Gasteiger partial charge in [0.2, 0.25) is 10.0 Å². The van der Waals surface area contributed by atoms with Crippen molar-refractivity contribution in [2.24, 2.45) is 5.92 Å². The average molecular weight is 497 g/mol. The van der Waals surface area contributed by atoms with E-state index in [1.807, 2.05) is 23.1 Å². The van der Waals surface area contributed by atoms with E-state index >= 15 is 0 Å². The number of nitrogens with zero attached hydrogens (tertiary/aromatic N) is 2. The first-order valence-electron chi connectivity index (χ1n) is 11.4. The van der Waals surface area contributed by atoms with E-state index in [2.05, 4.69) is 24.3 Å². The first kappa shape index (κ1) is 24.3. The third kappa shape index (κ3) is 6.19. The molecule has 0 N–H and O–H groups in total.